The highest BCUT2D eigenvalue weighted by Crippen LogP contribution is 2.31. The second kappa shape index (κ2) is 5.83. The van der Waals surface area contributed by atoms with E-state index in [2.05, 4.69) is 0 Å². The summed E-state index contributed by atoms with van der Waals surface area (Å²) in [6.45, 7) is 0. The molecule has 1 N–H and O–H groups in total. The van der Waals surface area contributed by atoms with Crippen LogP contribution in [0.1, 0.15) is 17.2 Å². The number of aliphatic hydroxyl groups excluding tert-OH is 1. The average molecular weight is 376 g/mol. The first kappa shape index (κ1) is 14.2. The van der Waals surface area contributed by atoms with E-state index in [-0.39, 0.29) is 11.3 Å². The number of aliphatic hydroxyl groups is 1. The van der Waals surface area contributed by atoms with Gasteiger partial charge in [0, 0.05) is 15.7 Å². The van der Waals surface area contributed by atoms with Gasteiger partial charge in [-0.05, 0) is 34.2 Å². The number of rotatable bonds is 3. The fourth-order valence-electron chi connectivity index (χ4n) is 1.79. The van der Waals surface area contributed by atoms with E-state index in [0.29, 0.717) is 5.56 Å². The van der Waals surface area contributed by atoms with Crippen molar-refractivity contribution in [3.63, 3.8) is 0 Å². The molecule has 0 bridgehead atoms. The number of ether oxygens (including phenoxy) is 1. The molecule has 0 amide bonds. The summed E-state index contributed by atoms with van der Waals surface area (Å²) in [6, 6.07) is 9.00. The van der Waals surface area contributed by atoms with Crippen LogP contribution in [-0.4, -0.2) is 12.2 Å². The minimum Gasteiger partial charge on any atom is -0.497 e. The quantitative estimate of drug-likeness (QED) is 0.829. The first-order chi connectivity index (χ1) is 9.04. The molecule has 2 aromatic carbocycles. The van der Waals surface area contributed by atoms with Crippen LogP contribution in [0.25, 0.3) is 0 Å². The molecule has 0 saturated carbocycles. The maximum atomic E-state index is 13.9. The molecule has 0 aliphatic rings. The first-order valence-corrected chi connectivity index (χ1v) is 6.58. The molecule has 0 fully saturated rings. The van der Waals surface area contributed by atoms with Crippen LogP contribution in [-0.2, 0) is 0 Å². The third-order valence-electron chi connectivity index (χ3n) is 2.76. The van der Waals surface area contributed by atoms with Gasteiger partial charge in [0.2, 0.25) is 0 Å². The summed E-state index contributed by atoms with van der Waals surface area (Å²) in [7, 11) is 1.32. The Kier molecular flexibility index (Phi) is 4.36. The van der Waals surface area contributed by atoms with Gasteiger partial charge in [-0.25, -0.2) is 8.78 Å². The van der Waals surface area contributed by atoms with Gasteiger partial charge in [0.15, 0.2) is 0 Å². The fraction of sp³-hybridized carbons (Fsp3) is 0.143. The minimum atomic E-state index is -1.35. The Morgan fingerprint density at radius 2 is 1.74 bits per heavy atom. The smallest absolute Gasteiger partial charge is 0.135 e. The Morgan fingerprint density at radius 1 is 1.16 bits per heavy atom. The summed E-state index contributed by atoms with van der Waals surface area (Å²) in [5, 5.41) is 10.2. The van der Waals surface area contributed by atoms with E-state index in [0.717, 1.165) is 15.7 Å². The van der Waals surface area contributed by atoms with Gasteiger partial charge >= 0.3 is 0 Å². The van der Waals surface area contributed by atoms with Crippen molar-refractivity contribution in [3.05, 3.63) is 62.7 Å². The number of methoxy groups -OCH3 is 1. The normalized spacial score (nSPS) is 12.3. The van der Waals surface area contributed by atoms with Crippen molar-refractivity contribution in [2.45, 2.75) is 6.10 Å². The van der Waals surface area contributed by atoms with E-state index < -0.39 is 17.7 Å². The number of halogens is 3. The van der Waals surface area contributed by atoms with Gasteiger partial charge < -0.3 is 9.84 Å². The Hall–Kier alpha value is -1.21. The van der Waals surface area contributed by atoms with Crippen LogP contribution in [0.2, 0.25) is 0 Å². The van der Waals surface area contributed by atoms with Crippen LogP contribution in [0.5, 0.6) is 5.75 Å². The highest BCUT2D eigenvalue weighted by atomic mass is 127. The van der Waals surface area contributed by atoms with Crippen LogP contribution in [0.3, 0.4) is 0 Å². The van der Waals surface area contributed by atoms with Gasteiger partial charge in [0.25, 0.3) is 0 Å². The molecule has 0 aromatic heterocycles. The topological polar surface area (TPSA) is 29.5 Å². The molecule has 0 aliphatic carbocycles. The van der Waals surface area contributed by atoms with Crippen LogP contribution < -0.4 is 4.74 Å². The van der Waals surface area contributed by atoms with E-state index in [9.17, 15) is 13.9 Å². The van der Waals surface area contributed by atoms with E-state index in [4.69, 9.17) is 4.74 Å². The number of benzene rings is 2. The lowest BCUT2D eigenvalue weighted by Gasteiger charge is -2.15. The summed E-state index contributed by atoms with van der Waals surface area (Å²) in [5.41, 5.74) is 0.0935. The van der Waals surface area contributed by atoms with Crippen LogP contribution in [0, 0.1) is 15.2 Å². The van der Waals surface area contributed by atoms with Gasteiger partial charge in [-0.1, -0.05) is 18.2 Å². The molecule has 0 spiro atoms. The molecule has 1 unspecified atom stereocenters. The van der Waals surface area contributed by atoms with Gasteiger partial charge in [-0.3, -0.25) is 0 Å². The zero-order chi connectivity index (χ0) is 14.0. The van der Waals surface area contributed by atoms with E-state index >= 15 is 0 Å². The third kappa shape index (κ3) is 2.87. The van der Waals surface area contributed by atoms with Crippen LogP contribution in [0.15, 0.2) is 36.4 Å². The molecule has 100 valence electrons. The first-order valence-electron chi connectivity index (χ1n) is 5.50. The largest absolute Gasteiger partial charge is 0.497 e. The molecule has 1 atom stereocenters. The summed E-state index contributed by atoms with van der Waals surface area (Å²) >= 11 is 2.01. The maximum Gasteiger partial charge on any atom is 0.135 e. The average Bonchev–Trinajstić information content (AvgIpc) is 2.38. The van der Waals surface area contributed by atoms with E-state index in [1.807, 2.05) is 22.6 Å². The van der Waals surface area contributed by atoms with Gasteiger partial charge in [-0.15, -0.1) is 0 Å². The molecule has 2 nitrogen and oxygen atoms in total. The van der Waals surface area contributed by atoms with Crippen molar-refractivity contribution in [1.82, 2.24) is 0 Å². The molecule has 0 aliphatic heterocycles. The van der Waals surface area contributed by atoms with E-state index in [1.54, 1.807) is 24.3 Å². The summed E-state index contributed by atoms with van der Waals surface area (Å²) < 4.78 is 33.3. The second-order valence-corrected chi connectivity index (χ2v) is 5.09. The Labute approximate surface area is 123 Å². The highest BCUT2D eigenvalue weighted by molar-refractivity contribution is 14.1. The summed E-state index contributed by atoms with van der Waals surface area (Å²) in [4.78, 5) is 0. The number of hydrogen-bond acceptors (Lipinski definition) is 2. The van der Waals surface area contributed by atoms with Crippen molar-refractivity contribution >= 4 is 22.6 Å². The van der Waals surface area contributed by atoms with Crippen molar-refractivity contribution in [1.29, 1.82) is 0 Å². The molecular formula is C14H11F2IO2. The lowest BCUT2D eigenvalue weighted by atomic mass is 10.0. The van der Waals surface area contributed by atoms with Crippen molar-refractivity contribution < 1.29 is 18.6 Å². The molecule has 0 radical (unpaired) electrons. The van der Waals surface area contributed by atoms with Gasteiger partial charge in [0.05, 0.1) is 12.7 Å². The second-order valence-electron chi connectivity index (χ2n) is 3.93. The molecular weight excluding hydrogens is 365 g/mol. The molecule has 2 rings (SSSR count). The Balaban J connectivity index is 2.50. The molecule has 2 aromatic rings. The number of hydrogen-bond donors (Lipinski definition) is 1. The Bertz CT molecular complexity index is 579. The lowest BCUT2D eigenvalue weighted by Crippen LogP contribution is -2.07. The van der Waals surface area contributed by atoms with Gasteiger partial charge in [0.1, 0.15) is 23.5 Å². The predicted molar refractivity (Wildman–Crippen MR) is 76.1 cm³/mol. The zero-order valence-corrected chi connectivity index (χ0v) is 12.2. The lowest BCUT2D eigenvalue weighted by molar-refractivity contribution is 0.207. The molecule has 19 heavy (non-hydrogen) atoms. The molecule has 5 heteroatoms. The SMILES string of the molecule is COc1cc(F)c(C(O)c2ccccc2I)c(F)c1. The Morgan fingerprint density at radius 3 is 2.26 bits per heavy atom. The van der Waals surface area contributed by atoms with E-state index in [1.165, 1.54) is 7.11 Å². The predicted octanol–water partition coefficient (Wildman–Crippen LogP) is 3.66. The maximum absolute atomic E-state index is 13.9. The monoisotopic (exact) mass is 376 g/mol. The minimum absolute atomic E-state index is 0.0775. The van der Waals surface area contributed by atoms with Crippen LogP contribution in [0.4, 0.5) is 8.78 Å². The zero-order valence-electron chi connectivity index (χ0n) is 10.0. The third-order valence-corrected chi connectivity index (χ3v) is 3.74. The molecule has 0 heterocycles. The highest BCUT2D eigenvalue weighted by Gasteiger charge is 2.22. The van der Waals surface area contributed by atoms with Crippen molar-refractivity contribution in [3.8, 4) is 5.75 Å². The summed E-state index contributed by atoms with van der Waals surface area (Å²) in [6.07, 6.45) is -1.35. The fourth-order valence-corrected chi connectivity index (χ4v) is 2.47. The summed E-state index contributed by atoms with van der Waals surface area (Å²) in [5.74, 6) is -1.58. The van der Waals surface area contributed by atoms with Crippen molar-refractivity contribution in [2.24, 2.45) is 0 Å². The van der Waals surface area contributed by atoms with Gasteiger partial charge in [-0.2, -0.15) is 0 Å². The standard InChI is InChI=1S/C14H11F2IO2/c1-19-8-6-10(15)13(11(16)7-8)14(18)9-4-2-3-5-12(9)17/h2-7,14,18H,1H3. The van der Waals surface area contributed by atoms with Crippen LogP contribution >= 0.6 is 22.6 Å². The molecule has 0 saturated heterocycles. The van der Waals surface area contributed by atoms with Crippen molar-refractivity contribution in [2.75, 3.05) is 7.11 Å².